The van der Waals surface area contributed by atoms with Crippen molar-refractivity contribution in [2.24, 2.45) is 0 Å². The minimum Gasteiger partial charge on any atom is -0.258 e. The molecule has 0 unspecified atom stereocenters. The summed E-state index contributed by atoms with van der Waals surface area (Å²) >= 11 is 0. The Morgan fingerprint density at radius 2 is 1.16 bits per heavy atom. The summed E-state index contributed by atoms with van der Waals surface area (Å²) in [6.07, 6.45) is 0.863. The summed E-state index contributed by atoms with van der Waals surface area (Å²) in [6.45, 7) is 2.85. The standard InChI is InChI=1S/C25H23NO8S3/c1-19(2)25(37(33,34)23-11-7-4-8-12-23)24(36(31,32)22-9-5-3-6-10-22)17-18-35(29,30)21-15-13-20(14-16-21)26(27)28/h3-17H,18H2,1-2H3/b24-17-. The smallest absolute Gasteiger partial charge is 0.258 e. The molecule has 3 aromatic rings. The van der Waals surface area contributed by atoms with Gasteiger partial charge in [-0.2, -0.15) is 0 Å². The van der Waals surface area contributed by atoms with Crippen LogP contribution in [-0.4, -0.2) is 35.9 Å². The minimum atomic E-state index is -4.49. The SMILES string of the molecule is CC(C)=C(/C(=C/CS(=O)(=O)c1ccc([N+](=O)[O-])cc1)S(=O)(=O)c1ccccc1)S(=O)(=O)c1ccccc1. The molecule has 0 amide bonds. The van der Waals surface area contributed by atoms with Crippen molar-refractivity contribution >= 4 is 35.2 Å². The van der Waals surface area contributed by atoms with Gasteiger partial charge in [0.25, 0.3) is 5.69 Å². The number of sulfone groups is 3. The van der Waals surface area contributed by atoms with Crippen molar-refractivity contribution in [3.05, 3.63) is 117 Å². The average Bonchev–Trinajstić information content (AvgIpc) is 2.87. The van der Waals surface area contributed by atoms with Gasteiger partial charge < -0.3 is 0 Å². The van der Waals surface area contributed by atoms with Gasteiger partial charge in [0.15, 0.2) is 9.84 Å². The molecule has 0 atom stereocenters. The maximum Gasteiger partial charge on any atom is 0.269 e. The first-order valence-corrected chi connectivity index (χ1v) is 15.4. The number of hydrogen-bond acceptors (Lipinski definition) is 8. The van der Waals surface area contributed by atoms with Crippen LogP contribution in [0.2, 0.25) is 0 Å². The lowest BCUT2D eigenvalue weighted by molar-refractivity contribution is -0.384. The van der Waals surface area contributed by atoms with Gasteiger partial charge in [0.2, 0.25) is 19.7 Å². The molecule has 3 rings (SSSR count). The Morgan fingerprint density at radius 1 is 0.703 bits per heavy atom. The maximum absolute atomic E-state index is 13.7. The highest BCUT2D eigenvalue weighted by Gasteiger charge is 2.34. The fraction of sp³-hybridized carbons (Fsp3) is 0.120. The second kappa shape index (κ2) is 10.8. The topological polar surface area (TPSA) is 146 Å². The van der Waals surface area contributed by atoms with Crippen molar-refractivity contribution < 1.29 is 30.2 Å². The molecule has 0 fully saturated rings. The van der Waals surface area contributed by atoms with E-state index in [0.29, 0.717) is 0 Å². The van der Waals surface area contributed by atoms with E-state index in [1.807, 2.05) is 0 Å². The number of allylic oxidation sites excluding steroid dienone is 1. The molecule has 0 bridgehead atoms. The summed E-state index contributed by atoms with van der Waals surface area (Å²) in [6, 6.07) is 18.4. The van der Waals surface area contributed by atoms with E-state index in [2.05, 4.69) is 0 Å². The van der Waals surface area contributed by atoms with Gasteiger partial charge in [-0.15, -0.1) is 0 Å². The highest BCUT2D eigenvalue weighted by Crippen LogP contribution is 2.34. The molecule has 9 nitrogen and oxygen atoms in total. The molecular weight excluding hydrogens is 538 g/mol. The first kappa shape index (κ1) is 28.0. The fourth-order valence-corrected chi connectivity index (χ4v) is 8.52. The number of benzene rings is 3. The molecule has 0 saturated heterocycles. The van der Waals surface area contributed by atoms with Gasteiger partial charge in [-0.25, -0.2) is 25.3 Å². The molecule has 0 radical (unpaired) electrons. The predicted octanol–water partition coefficient (Wildman–Crippen LogP) is 4.49. The number of nitro groups is 1. The summed E-state index contributed by atoms with van der Waals surface area (Å²) in [4.78, 5) is 8.36. The first-order chi connectivity index (χ1) is 17.3. The van der Waals surface area contributed by atoms with Crippen LogP contribution in [0.4, 0.5) is 5.69 Å². The molecule has 0 aromatic heterocycles. The lowest BCUT2D eigenvalue weighted by Crippen LogP contribution is -2.17. The molecule has 0 heterocycles. The molecule has 12 heteroatoms. The number of nitrogens with zero attached hydrogens (tertiary/aromatic N) is 1. The third kappa shape index (κ3) is 6.04. The largest absolute Gasteiger partial charge is 0.269 e. The van der Waals surface area contributed by atoms with Gasteiger partial charge in [0.1, 0.15) is 0 Å². The minimum absolute atomic E-state index is 0.141. The Morgan fingerprint density at radius 3 is 1.59 bits per heavy atom. The quantitative estimate of drug-likeness (QED) is 0.211. The third-order valence-corrected chi connectivity index (χ3v) is 10.9. The summed E-state index contributed by atoms with van der Waals surface area (Å²) in [7, 11) is -13.1. The predicted molar refractivity (Wildman–Crippen MR) is 139 cm³/mol. The van der Waals surface area contributed by atoms with Crippen LogP contribution >= 0.6 is 0 Å². The third-order valence-electron chi connectivity index (χ3n) is 5.24. The molecule has 194 valence electrons. The van der Waals surface area contributed by atoms with E-state index in [1.54, 1.807) is 12.1 Å². The van der Waals surface area contributed by atoms with Crippen molar-refractivity contribution in [3.63, 3.8) is 0 Å². The van der Waals surface area contributed by atoms with Crippen molar-refractivity contribution in [3.8, 4) is 0 Å². The summed E-state index contributed by atoms with van der Waals surface area (Å²) in [5.74, 6) is -0.868. The van der Waals surface area contributed by atoms with Crippen LogP contribution in [0, 0.1) is 10.1 Å². The van der Waals surface area contributed by atoms with Gasteiger partial charge in [0.05, 0.1) is 35.2 Å². The average molecular weight is 562 g/mol. The van der Waals surface area contributed by atoms with Gasteiger partial charge in [0, 0.05) is 12.1 Å². The van der Waals surface area contributed by atoms with Gasteiger partial charge in [-0.05, 0) is 56.3 Å². The molecule has 0 aliphatic carbocycles. The molecular formula is C25H23NO8S3. The van der Waals surface area contributed by atoms with E-state index in [9.17, 15) is 35.4 Å². The maximum atomic E-state index is 13.7. The molecule has 0 aliphatic rings. The lowest BCUT2D eigenvalue weighted by Gasteiger charge is -2.16. The van der Waals surface area contributed by atoms with E-state index in [0.717, 1.165) is 30.3 Å². The van der Waals surface area contributed by atoms with Crippen molar-refractivity contribution in [2.75, 3.05) is 5.75 Å². The van der Waals surface area contributed by atoms with E-state index < -0.39 is 50.0 Å². The number of nitro benzene ring substituents is 1. The van der Waals surface area contributed by atoms with E-state index in [4.69, 9.17) is 0 Å². The zero-order chi connectivity index (χ0) is 27.4. The summed E-state index contributed by atoms with van der Waals surface area (Å²) < 4.78 is 80.6. The van der Waals surface area contributed by atoms with Crippen LogP contribution in [0.15, 0.2) is 121 Å². The zero-order valence-electron chi connectivity index (χ0n) is 19.8. The zero-order valence-corrected chi connectivity index (χ0v) is 22.3. The normalized spacial score (nSPS) is 12.6. The molecule has 0 spiro atoms. The Hall–Kier alpha value is -3.61. The Bertz CT molecular complexity index is 1690. The highest BCUT2D eigenvalue weighted by atomic mass is 32.2. The van der Waals surface area contributed by atoms with Gasteiger partial charge in [-0.3, -0.25) is 10.1 Å². The molecule has 0 aliphatic heterocycles. The fourth-order valence-electron chi connectivity index (χ4n) is 3.47. The van der Waals surface area contributed by atoms with E-state index in [-0.39, 0.29) is 25.9 Å². The molecule has 0 saturated carbocycles. The van der Waals surface area contributed by atoms with Crippen LogP contribution in [0.1, 0.15) is 13.8 Å². The Balaban J connectivity index is 2.23. The first-order valence-electron chi connectivity index (χ1n) is 10.7. The second-order valence-electron chi connectivity index (χ2n) is 8.06. The van der Waals surface area contributed by atoms with Crippen LogP contribution in [0.3, 0.4) is 0 Å². The number of rotatable bonds is 9. The Labute approximate surface area is 215 Å². The molecule has 37 heavy (non-hydrogen) atoms. The highest BCUT2D eigenvalue weighted by molar-refractivity contribution is 8.00. The number of hydrogen-bond donors (Lipinski definition) is 0. The van der Waals surface area contributed by atoms with Crippen LogP contribution in [0.25, 0.3) is 0 Å². The van der Waals surface area contributed by atoms with Gasteiger partial charge >= 0.3 is 0 Å². The van der Waals surface area contributed by atoms with Crippen LogP contribution in [0.5, 0.6) is 0 Å². The van der Waals surface area contributed by atoms with Gasteiger partial charge in [-0.1, -0.05) is 42.0 Å². The molecule has 3 aromatic carbocycles. The molecule has 0 N–H and O–H groups in total. The number of non-ortho nitro benzene ring substituents is 1. The van der Waals surface area contributed by atoms with Crippen molar-refractivity contribution in [1.29, 1.82) is 0 Å². The van der Waals surface area contributed by atoms with E-state index >= 15 is 0 Å². The summed E-state index contributed by atoms with van der Waals surface area (Å²) in [5.41, 5.74) is -0.176. The van der Waals surface area contributed by atoms with Crippen molar-refractivity contribution in [1.82, 2.24) is 0 Å². The summed E-state index contributed by atoms with van der Waals surface area (Å²) in [5, 5.41) is 10.9. The van der Waals surface area contributed by atoms with Crippen LogP contribution < -0.4 is 0 Å². The van der Waals surface area contributed by atoms with E-state index in [1.165, 1.54) is 62.4 Å². The van der Waals surface area contributed by atoms with Crippen molar-refractivity contribution in [2.45, 2.75) is 28.5 Å². The van der Waals surface area contributed by atoms with Crippen LogP contribution in [-0.2, 0) is 29.5 Å². The Kier molecular flexibility index (Phi) is 8.16. The monoisotopic (exact) mass is 561 g/mol. The lowest BCUT2D eigenvalue weighted by atomic mass is 10.3. The second-order valence-corrected chi connectivity index (χ2v) is 13.9.